The van der Waals surface area contributed by atoms with Gasteiger partial charge in [0.05, 0.1) is 11.3 Å². The van der Waals surface area contributed by atoms with E-state index in [0.717, 1.165) is 11.5 Å². The molecule has 1 heterocycles. The maximum atomic E-state index is 12.5. The molecule has 0 fully saturated rings. The molecular formula is C18H15N3O2S. The lowest BCUT2D eigenvalue weighted by Crippen LogP contribution is -2.17. The highest BCUT2D eigenvalue weighted by Gasteiger charge is 2.20. The van der Waals surface area contributed by atoms with Gasteiger partial charge in [0.25, 0.3) is 11.8 Å². The van der Waals surface area contributed by atoms with Gasteiger partial charge in [0.15, 0.2) is 0 Å². The summed E-state index contributed by atoms with van der Waals surface area (Å²) in [4.78, 5) is 24.8. The average molecular weight is 337 g/mol. The number of carbonyl (C=O) groups excluding carboxylic acids is 2. The molecule has 0 bridgehead atoms. The summed E-state index contributed by atoms with van der Waals surface area (Å²) in [6, 6.07) is 18.0. The molecule has 1 aromatic heterocycles. The number of nitrogens with zero attached hydrogens (tertiary/aromatic N) is 1. The molecule has 120 valence electrons. The van der Waals surface area contributed by atoms with Gasteiger partial charge >= 0.3 is 0 Å². The lowest BCUT2D eigenvalue weighted by atomic mass is 10.2. The van der Waals surface area contributed by atoms with Gasteiger partial charge in [0, 0.05) is 11.3 Å². The van der Waals surface area contributed by atoms with E-state index in [1.54, 1.807) is 43.3 Å². The second kappa shape index (κ2) is 7.06. The van der Waals surface area contributed by atoms with Crippen LogP contribution in [-0.2, 0) is 0 Å². The molecule has 3 aromatic rings. The number of hydrogen-bond acceptors (Lipinski definition) is 4. The number of aromatic nitrogens is 1. The van der Waals surface area contributed by atoms with Crippen LogP contribution in [0.25, 0.3) is 0 Å². The predicted molar refractivity (Wildman–Crippen MR) is 95.6 cm³/mol. The number of aryl methyl sites for hydroxylation is 1. The standard InChI is InChI=1S/C18H15N3O2S/c1-12-15(17(23)19-14-10-6-3-7-11-14)18(24-21-12)20-16(22)13-8-4-2-5-9-13/h2-11H,1H3,(H,19,23)(H,20,22). The topological polar surface area (TPSA) is 71.1 Å². The van der Waals surface area contributed by atoms with E-state index in [1.807, 2.05) is 24.3 Å². The lowest BCUT2D eigenvalue weighted by Gasteiger charge is -2.08. The van der Waals surface area contributed by atoms with Crippen molar-refractivity contribution in [3.05, 3.63) is 77.5 Å². The first-order valence-corrected chi connectivity index (χ1v) is 8.11. The normalized spacial score (nSPS) is 10.2. The number of para-hydroxylation sites is 1. The zero-order valence-corrected chi connectivity index (χ0v) is 13.8. The van der Waals surface area contributed by atoms with Gasteiger partial charge in [0.1, 0.15) is 5.00 Å². The van der Waals surface area contributed by atoms with Crippen molar-refractivity contribution in [1.29, 1.82) is 0 Å². The summed E-state index contributed by atoms with van der Waals surface area (Å²) < 4.78 is 4.19. The number of hydrogen-bond donors (Lipinski definition) is 2. The Bertz CT molecular complexity index is 860. The van der Waals surface area contributed by atoms with Crippen molar-refractivity contribution in [3.8, 4) is 0 Å². The summed E-state index contributed by atoms with van der Waals surface area (Å²) in [6.45, 7) is 1.74. The van der Waals surface area contributed by atoms with Crippen LogP contribution in [0.3, 0.4) is 0 Å². The minimum atomic E-state index is -0.296. The number of rotatable bonds is 4. The largest absolute Gasteiger partial charge is 0.322 e. The molecule has 2 amide bonds. The number of carbonyl (C=O) groups is 2. The van der Waals surface area contributed by atoms with Gasteiger partial charge in [-0.1, -0.05) is 36.4 Å². The Morgan fingerprint density at radius 3 is 2.17 bits per heavy atom. The van der Waals surface area contributed by atoms with Crippen LogP contribution in [-0.4, -0.2) is 16.2 Å². The van der Waals surface area contributed by atoms with Crippen molar-refractivity contribution in [3.63, 3.8) is 0 Å². The summed E-state index contributed by atoms with van der Waals surface area (Å²) in [5.74, 6) is -0.566. The average Bonchev–Trinajstić information content (AvgIpc) is 2.97. The molecule has 0 unspecified atom stereocenters. The molecular weight excluding hydrogens is 322 g/mol. The van der Waals surface area contributed by atoms with E-state index in [0.29, 0.717) is 27.5 Å². The Hall–Kier alpha value is -2.99. The molecule has 0 aliphatic heterocycles. The van der Waals surface area contributed by atoms with Gasteiger partial charge < -0.3 is 10.6 Å². The quantitative estimate of drug-likeness (QED) is 0.757. The van der Waals surface area contributed by atoms with E-state index in [4.69, 9.17) is 0 Å². The van der Waals surface area contributed by atoms with E-state index in [9.17, 15) is 9.59 Å². The highest BCUT2D eigenvalue weighted by Crippen LogP contribution is 2.26. The number of amides is 2. The molecule has 0 saturated heterocycles. The third-order valence-electron chi connectivity index (χ3n) is 3.38. The highest BCUT2D eigenvalue weighted by atomic mass is 32.1. The number of nitrogens with one attached hydrogen (secondary N) is 2. The molecule has 24 heavy (non-hydrogen) atoms. The third-order valence-corrected chi connectivity index (χ3v) is 4.24. The number of anilines is 2. The predicted octanol–water partition coefficient (Wildman–Crippen LogP) is 3.96. The minimum Gasteiger partial charge on any atom is -0.322 e. The van der Waals surface area contributed by atoms with E-state index >= 15 is 0 Å². The van der Waals surface area contributed by atoms with Crippen molar-refractivity contribution in [2.24, 2.45) is 0 Å². The van der Waals surface area contributed by atoms with E-state index in [-0.39, 0.29) is 11.8 Å². The molecule has 0 radical (unpaired) electrons. The van der Waals surface area contributed by atoms with E-state index in [2.05, 4.69) is 15.0 Å². The van der Waals surface area contributed by atoms with Crippen LogP contribution in [0.2, 0.25) is 0 Å². The van der Waals surface area contributed by atoms with Gasteiger partial charge in [-0.05, 0) is 42.7 Å². The molecule has 0 spiro atoms. The minimum absolute atomic E-state index is 0.270. The lowest BCUT2D eigenvalue weighted by molar-refractivity contribution is 0.102. The highest BCUT2D eigenvalue weighted by molar-refractivity contribution is 7.11. The number of benzene rings is 2. The molecule has 0 aliphatic rings. The first-order valence-electron chi connectivity index (χ1n) is 7.34. The van der Waals surface area contributed by atoms with Gasteiger partial charge in [0.2, 0.25) is 0 Å². The first-order chi connectivity index (χ1) is 11.6. The fourth-order valence-corrected chi connectivity index (χ4v) is 2.99. The molecule has 0 saturated carbocycles. The van der Waals surface area contributed by atoms with Gasteiger partial charge in [-0.3, -0.25) is 9.59 Å². The second-order valence-electron chi connectivity index (χ2n) is 5.11. The Morgan fingerprint density at radius 1 is 0.875 bits per heavy atom. The van der Waals surface area contributed by atoms with Crippen LogP contribution in [0.5, 0.6) is 0 Å². The maximum absolute atomic E-state index is 12.5. The van der Waals surface area contributed by atoms with Crippen LogP contribution >= 0.6 is 11.5 Å². The molecule has 2 N–H and O–H groups in total. The third kappa shape index (κ3) is 3.49. The molecule has 0 atom stereocenters. The van der Waals surface area contributed by atoms with Crippen molar-refractivity contribution in [2.75, 3.05) is 10.6 Å². The summed E-state index contributed by atoms with van der Waals surface area (Å²) in [6.07, 6.45) is 0. The van der Waals surface area contributed by atoms with E-state index in [1.165, 1.54) is 0 Å². The Balaban J connectivity index is 1.81. The molecule has 2 aromatic carbocycles. The fourth-order valence-electron chi connectivity index (χ4n) is 2.20. The monoisotopic (exact) mass is 337 g/mol. The molecule has 0 aliphatic carbocycles. The first kappa shape index (κ1) is 15.9. The summed E-state index contributed by atoms with van der Waals surface area (Å²) in [5.41, 5.74) is 2.18. The van der Waals surface area contributed by atoms with Crippen molar-refractivity contribution in [1.82, 2.24) is 4.37 Å². The Kier molecular flexibility index (Phi) is 4.67. The molecule has 3 rings (SSSR count). The van der Waals surface area contributed by atoms with E-state index < -0.39 is 0 Å². The van der Waals surface area contributed by atoms with Crippen LogP contribution in [0, 0.1) is 6.92 Å². The summed E-state index contributed by atoms with van der Waals surface area (Å²) in [5, 5.41) is 6.03. The summed E-state index contributed by atoms with van der Waals surface area (Å²) >= 11 is 1.10. The van der Waals surface area contributed by atoms with Gasteiger partial charge in [-0.2, -0.15) is 4.37 Å². The maximum Gasteiger partial charge on any atom is 0.260 e. The molecule has 6 heteroatoms. The summed E-state index contributed by atoms with van der Waals surface area (Å²) in [7, 11) is 0. The van der Waals surface area contributed by atoms with Crippen molar-refractivity contribution < 1.29 is 9.59 Å². The Labute approximate surface area is 143 Å². The van der Waals surface area contributed by atoms with Crippen LogP contribution < -0.4 is 10.6 Å². The second-order valence-corrected chi connectivity index (χ2v) is 5.89. The zero-order chi connectivity index (χ0) is 16.9. The SMILES string of the molecule is Cc1nsc(NC(=O)c2ccccc2)c1C(=O)Nc1ccccc1. The van der Waals surface area contributed by atoms with Crippen molar-refractivity contribution in [2.45, 2.75) is 6.92 Å². The fraction of sp³-hybridized carbons (Fsp3) is 0.0556. The zero-order valence-electron chi connectivity index (χ0n) is 12.9. The van der Waals surface area contributed by atoms with Crippen LogP contribution in [0.1, 0.15) is 26.4 Å². The van der Waals surface area contributed by atoms with Gasteiger partial charge in [-0.15, -0.1) is 0 Å². The van der Waals surface area contributed by atoms with Crippen molar-refractivity contribution >= 4 is 34.0 Å². The van der Waals surface area contributed by atoms with Gasteiger partial charge in [-0.25, -0.2) is 0 Å². The Morgan fingerprint density at radius 2 is 1.50 bits per heavy atom. The van der Waals surface area contributed by atoms with Crippen LogP contribution in [0.15, 0.2) is 60.7 Å². The van der Waals surface area contributed by atoms with Crippen LogP contribution in [0.4, 0.5) is 10.7 Å². The smallest absolute Gasteiger partial charge is 0.260 e. The molecule has 5 nitrogen and oxygen atoms in total.